The van der Waals surface area contributed by atoms with Gasteiger partial charge in [0.15, 0.2) is 5.82 Å². The van der Waals surface area contributed by atoms with Crippen LogP contribution in [0.2, 0.25) is 0 Å². The van der Waals surface area contributed by atoms with Gasteiger partial charge in [0.05, 0.1) is 30.2 Å². The first-order chi connectivity index (χ1) is 14.7. The number of hydrogen-bond acceptors (Lipinski definition) is 6. The Labute approximate surface area is 180 Å². The number of nitriles is 1. The van der Waals surface area contributed by atoms with Gasteiger partial charge in [0.25, 0.3) is 0 Å². The lowest BCUT2D eigenvalue weighted by molar-refractivity contribution is -0.922. The highest BCUT2D eigenvalue weighted by Crippen LogP contribution is 2.41. The van der Waals surface area contributed by atoms with E-state index in [9.17, 15) is 5.26 Å². The standard InChI is InChI=1S/C23H24N4O2S/c1-15-5-6-18-19(11-15)30-23-21(18)22(29-17-4-2-3-16(12-17)13-24)25-20(26-23)14-27-7-9-28-10-8-27/h2-4,12,15H,5-11,14H2,1H3/p+1/t15-/m1/s1. The predicted octanol–water partition coefficient (Wildman–Crippen LogP) is 2.90. The Morgan fingerprint density at radius 3 is 3.00 bits per heavy atom. The predicted molar refractivity (Wildman–Crippen MR) is 115 cm³/mol. The van der Waals surface area contributed by atoms with Crippen molar-refractivity contribution < 1.29 is 14.4 Å². The van der Waals surface area contributed by atoms with Crippen LogP contribution >= 0.6 is 11.3 Å². The summed E-state index contributed by atoms with van der Waals surface area (Å²) in [5.74, 6) is 2.79. The largest absolute Gasteiger partial charge is 0.438 e. The lowest BCUT2D eigenvalue weighted by Gasteiger charge is -2.23. The highest BCUT2D eigenvalue weighted by molar-refractivity contribution is 7.18. The van der Waals surface area contributed by atoms with Gasteiger partial charge in [0.1, 0.15) is 30.2 Å². The number of hydrogen-bond donors (Lipinski definition) is 1. The first kappa shape index (κ1) is 19.4. The third kappa shape index (κ3) is 3.91. The van der Waals surface area contributed by atoms with Crippen molar-refractivity contribution >= 4 is 21.6 Å². The number of quaternary nitrogens is 1. The van der Waals surface area contributed by atoms with Gasteiger partial charge in [-0.25, -0.2) is 4.98 Å². The van der Waals surface area contributed by atoms with Gasteiger partial charge in [-0.3, -0.25) is 0 Å². The van der Waals surface area contributed by atoms with Gasteiger partial charge < -0.3 is 14.4 Å². The second-order valence-electron chi connectivity index (χ2n) is 8.26. The van der Waals surface area contributed by atoms with Crippen LogP contribution in [0.3, 0.4) is 0 Å². The van der Waals surface area contributed by atoms with Crippen molar-refractivity contribution in [1.82, 2.24) is 9.97 Å². The van der Waals surface area contributed by atoms with Gasteiger partial charge in [-0.2, -0.15) is 10.2 Å². The molecule has 0 spiro atoms. The zero-order valence-corrected chi connectivity index (χ0v) is 17.9. The SMILES string of the molecule is C[C@@H]1CCc2c(sc3nc(C[NH+]4CCOCC4)nc(Oc4cccc(C#N)c4)c23)C1. The van der Waals surface area contributed by atoms with E-state index in [-0.39, 0.29) is 0 Å². The molecule has 1 fully saturated rings. The third-order valence-electron chi connectivity index (χ3n) is 5.95. The van der Waals surface area contributed by atoms with E-state index in [0.717, 1.165) is 61.7 Å². The molecule has 3 heterocycles. The molecule has 0 amide bonds. The summed E-state index contributed by atoms with van der Waals surface area (Å²) in [6.07, 6.45) is 3.33. The van der Waals surface area contributed by atoms with Crippen LogP contribution in [-0.2, 0) is 24.1 Å². The minimum Gasteiger partial charge on any atom is -0.438 e. The molecule has 30 heavy (non-hydrogen) atoms. The van der Waals surface area contributed by atoms with Gasteiger partial charge in [0, 0.05) is 4.88 Å². The molecule has 7 heteroatoms. The summed E-state index contributed by atoms with van der Waals surface area (Å²) in [6.45, 7) is 6.60. The number of aryl methyl sites for hydroxylation is 1. The van der Waals surface area contributed by atoms with E-state index in [2.05, 4.69) is 13.0 Å². The smallest absolute Gasteiger partial charge is 0.231 e. The second kappa shape index (κ2) is 8.31. The number of nitrogens with zero attached hydrogens (tertiary/aromatic N) is 3. The van der Waals surface area contributed by atoms with Crippen molar-refractivity contribution in [3.8, 4) is 17.7 Å². The Bertz CT molecular complexity index is 1110. The molecule has 3 aromatic rings. The molecule has 0 saturated carbocycles. The van der Waals surface area contributed by atoms with E-state index in [4.69, 9.17) is 19.4 Å². The zero-order chi connectivity index (χ0) is 20.5. The quantitative estimate of drug-likeness (QED) is 0.701. The van der Waals surface area contributed by atoms with Crippen LogP contribution in [0, 0.1) is 17.2 Å². The number of aromatic nitrogens is 2. The van der Waals surface area contributed by atoms with Crippen molar-refractivity contribution in [3.05, 3.63) is 46.1 Å². The number of ether oxygens (including phenoxy) is 2. The van der Waals surface area contributed by atoms with Gasteiger partial charge in [-0.15, -0.1) is 11.3 Å². The Morgan fingerprint density at radius 2 is 2.17 bits per heavy atom. The summed E-state index contributed by atoms with van der Waals surface area (Å²) in [6, 6.07) is 9.45. The van der Waals surface area contributed by atoms with Gasteiger partial charge in [-0.1, -0.05) is 13.0 Å². The molecule has 1 saturated heterocycles. The molecule has 1 aliphatic heterocycles. The van der Waals surface area contributed by atoms with Gasteiger partial charge in [0.2, 0.25) is 5.88 Å². The molecule has 2 aliphatic rings. The van der Waals surface area contributed by atoms with Crippen LogP contribution in [0.5, 0.6) is 11.6 Å². The summed E-state index contributed by atoms with van der Waals surface area (Å²) in [5.41, 5.74) is 1.93. The van der Waals surface area contributed by atoms with Gasteiger partial charge >= 0.3 is 0 Å². The van der Waals surface area contributed by atoms with E-state index < -0.39 is 0 Å². The fourth-order valence-electron chi connectivity index (χ4n) is 4.31. The number of morpholine rings is 1. The molecule has 1 aromatic carbocycles. The van der Waals surface area contributed by atoms with Crippen molar-refractivity contribution in [1.29, 1.82) is 5.26 Å². The average molecular weight is 422 g/mol. The lowest BCUT2D eigenvalue weighted by atomic mass is 9.89. The van der Waals surface area contributed by atoms with E-state index >= 15 is 0 Å². The van der Waals surface area contributed by atoms with E-state index in [1.54, 1.807) is 23.5 Å². The summed E-state index contributed by atoms with van der Waals surface area (Å²) in [7, 11) is 0. The molecule has 5 rings (SSSR count). The maximum absolute atomic E-state index is 9.23. The fraction of sp³-hybridized carbons (Fsp3) is 0.435. The van der Waals surface area contributed by atoms with Crippen LogP contribution in [0.15, 0.2) is 24.3 Å². The van der Waals surface area contributed by atoms with Crippen molar-refractivity contribution in [2.24, 2.45) is 5.92 Å². The van der Waals surface area contributed by atoms with Crippen LogP contribution in [0.4, 0.5) is 0 Å². The van der Waals surface area contributed by atoms with Crippen LogP contribution in [0.1, 0.15) is 35.2 Å². The molecular formula is C23H25N4O2S+. The molecule has 0 bridgehead atoms. The Kier molecular flexibility index (Phi) is 5.38. The molecule has 2 aromatic heterocycles. The molecule has 1 N–H and O–H groups in total. The number of fused-ring (bicyclic) bond motifs is 3. The molecule has 0 unspecified atom stereocenters. The molecule has 1 aliphatic carbocycles. The maximum atomic E-state index is 9.23. The first-order valence-corrected chi connectivity index (χ1v) is 11.4. The summed E-state index contributed by atoms with van der Waals surface area (Å²) in [4.78, 5) is 13.7. The Morgan fingerprint density at radius 1 is 1.30 bits per heavy atom. The van der Waals surface area contributed by atoms with Crippen molar-refractivity contribution in [2.45, 2.75) is 32.7 Å². The topological polar surface area (TPSA) is 72.5 Å². The van der Waals surface area contributed by atoms with Crippen molar-refractivity contribution in [3.63, 3.8) is 0 Å². The zero-order valence-electron chi connectivity index (χ0n) is 17.1. The maximum Gasteiger partial charge on any atom is 0.231 e. The Hall–Kier alpha value is -2.53. The molecule has 6 nitrogen and oxygen atoms in total. The first-order valence-electron chi connectivity index (χ1n) is 10.6. The van der Waals surface area contributed by atoms with Crippen LogP contribution in [-0.4, -0.2) is 36.3 Å². The summed E-state index contributed by atoms with van der Waals surface area (Å²) >= 11 is 1.79. The normalized spacial score (nSPS) is 19.4. The molecule has 154 valence electrons. The average Bonchev–Trinajstić information content (AvgIpc) is 3.12. The molecule has 0 radical (unpaired) electrons. The molecule has 1 atom stereocenters. The third-order valence-corrected chi connectivity index (χ3v) is 7.10. The number of benzene rings is 1. The van der Waals surface area contributed by atoms with E-state index in [1.165, 1.54) is 21.8 Å². The highest BCUT2D eigenvalue weighted by Gasteiger charge is 2.26. The monoisotopic (exact) mass is 421 g/mol. The van der Waals surface area contributed by atoms with E-state index in [0.29, 0.717) is 23.1 Å². The van der Waals surface area contributed by atoms with E-state index in [1.807, 2.05) is 12.1 Å². The van der Waals surface area contributed by atoms with Crippen LogP contribution in [0.25, 0.3) is 10.2 Å². The van der Waals surface area contributed by atoms with Crippen molar-refractivity contribution in [2.75, 3.05) is 26.3 Å². The second-order valence-corrected chi connectivity index (χ2v) is 9.34. The highest BCUT2D eigenvalue weighted by atomic mass is 32.1. The minimum absolute atomic E-state index is 0.581. The number of nitrogens with one attached hydrogen (secondary N) is 1. The molecular weight excluding hydrogens is 396 g/mol. The summed E-state index contributed by atoms with van der Waals surface area (Å²) in [5, 5.41) is 10.3. The number of thiophene rings is 1. The summed E-state index contributed by atoms with van der Waals surface area (Å²) < 4.78 is 11.8. The minimum atomic E-state index is 0.581. The van der Waals surface area contributed by atoms with Crippen LogP contribution < -0.4 is 9.64 Å². The van der Waals surface area contributed by atoms with Gasteiger partial charge in [-0.05, 0) is 48.9 Å². The number of rotatable bonds is 4. The lowest BCUT2D eigenvalue weighted by Crippen LogP contribution is -3.12. The fourth-order valence-corrected chi connectivity index (χ4v) is 5.70. The Balaban J connectivity index is 1.56.